The minimum absolute atomic E-state index is 0.0323. The summed E-state index contributed by atoms with van der Waals surface area (Å²) in [5.41, 5.74) is 0. The van der Waals surface area contributed by atoms with E-state index in [-0.39, 0.29) is 13.2 Å². The Balaban J connectivity index is 3.35. The molecule has 0 spiro atoms. The highest BCUT2D eigenvalue weighted by Gasteiger charge is 2.27. The van der Waals surface area contributed by atoms with Gasteiger partial charge < -0.3 is 20.3 Å². The molecule has 0 radical (unpaired) electrons. The van der Waals surface area contributed by atoms with E-state index in [0.29, 0.717) is 6.61 Å². The normalized spacial score (nSPS) is 13.8. The number of aliphatic hydroxyl groups is 2. The van der Waals surface area contributed by atoms with Crippen LogP contribution in [0.3, 0.4) is 0 Å². The molecule has 0 heterocycles. The third-order valence-corrected chi connectivity index (χ3v) is 2.45. The topological polar surface area (TPSA) is 61.7 Å². The van der Waals surface area contributed by atoms with E-state index in [4.69, 9.17) is 9.84 Å². The summed E-state index contributed by atoms with van der Waals surface area (Å²) < 4.78 is 30.4. The number of halogens is 2. The van der Waals surface area contributed by atoms with E-state index in [9.17, 15) is 13.9 Å². The van der Waals surface area contributed by atoms with Crippen LogP contribution >= 0.6 is 0 Å². The molecule has 1 unspecified atom stereocenters. The van der Waals surface area contributed by atoms with Crippen LogP contribution < -0.4 is 5.32 Å². The van der Waals surface area contributed by atoms with Gasteiger partial charge in [0.2, 0.25) is 0 Å². The summed E-state index contributed by atoms with van der Waals surface area (Å²) in [6.45, 7) is 1.05. The minimum atomic E-state index is -3.14. The Morgan fingerprint density at radius 3 is 2.61 bits per heavy atom. The summed E-state index contributed by atoms with van der Waals surface area (Å²) in [7, 11) is 0. The van der Waals surface area contributed by atoms with Crippen molar-refractivity contribution in [2.75, 3.05) is 32.9 Å². The van der Waals surface area contributed by atoms with Crippen molar-refractivity contribution < 1.29 is 23.7 Å². The van der Waals surface area contributed by atoms with Crippen LogP contribution in [0.25, 0.3) is 0 Å². The lowest BCUT2D eigenvalue weighted by Gasteiger charge is -2.16. The average Bonchev–Trinajstić information content (AvgIpc) is 2.33. The fraction of sp³-hybridized carbons (Fsp3) is 1.00. The quantitative estimate of drug-likeness (QED) is 0.465. The molecule has 1 atom stereocenters. The van der Waals surface area contributed by atoms with Crippen LogP contribution in [0.1, 0.15) is 32.6 Å². The van der Waals surface area contributed by atoms with Crippen molar-refractivity contribution >= 4 is 0 Å². The molecule has 0 aromatic carbocycles. The Hall–Kier alpha value is -0.300. The molecule has 0 aliphatic rings. The van der Waals surface area contributed by atoms with Crippen molar-refractivity contribution in [1.29, 1.82) is 0 Å². The van der Waals surface area contributed by atoms with Crippen LogP contribution in [0.15, 0.2) is 0 Å². The van der Waals surface area contributed by atoms with Gasteiger partial charge in [-0.2, -0.15) is 0 Å². The third kappa shape index (κ3) is 10.8. The monoisotopic (exact) mass is 269 g/mol. The van der Waals surface area contributed by atoms with Gasteiger partial charge in [-0.05, 0) is 6.42 Å². The molecule has 0 saturated heterocycles. The zero-order valence-electron chi connectivity index (χ0n) is 11.0. The fourth-order valence-electron chi connectivity index (χ4n) is 1.39. The van der Waals surface area contributed by atoms with Gasteiger partial charge in [0.15, 0.2) is 0 Å². The van der Waals surface area contributed by atoms with Gasteiger partial charge in [0.05, 0.1) is 19.3 Å². The molecule has 0 bridgehead atoms. The van der Waals surface area contributed by atoms with Crippen LogP contribution in [-0.4, -0.2) is 55.1 Å². The molecule has 0 rings (SSSR count). The van der Waals surface area contributed by atoms with E-state index in [0.717, 1.165) is 19.3 Å². The number of hydrogen-bond acceptors (Lipinski definition) is 4. The van der Waals surface area contributed by atoms with Gasteiger partial charge in [0.1, 0.15) is 6.61 Å². The molecule has 0 aliphatic heterocycles. The van der Waals surface area contributed by atoms with Crippen LogP contribution in [0, 0.1) is 0 Å². The average molecular weight is 269 g/mol. The predicted octanol–water partition coefficient (Wildman–Crippen LogP) is 1.16. The second-order valence-electron chi connectivity index (χ2n) is 4.43. The van der Waals surface area contributed by atoms with Gasteiger partial charge in [0.25, 0.3) is 5.92 Å². The van der Waals surface area contributed by atoms with Crippen molar-refractivity contribution in [3.05, 3.63) is 0 Å². The first-order chi connectivity index (χ1) is 8.52. The maximum absolute atomic E-state index is 12.6. The number of ether oxygens (including phenoxy) is 1. The highest BCUT2D eigenvalue weighted by atomic mass is 19.3. The predicted molar refractivity (Wildman–Crippen MR) is 65.9 cm³/mol. The molecule has 0 fully saturated rings. The summed E-state index contributed by atoms with van der Waals surface area (Å²) in [6.07, 6.45) is 3.59. The third-order valence-electron chi connectivity index (χ3n) is 2.45. The van der Waals surface area contributed by atoms with Gasteiger partial charge in [-0.3, -0.25) is 0 Å². The maximum Gasteiger partial charge on any atom is 0.282 e. The summed E-state index contributed by atoms with van der Waals surface area (Å²) in [5.74, 6) is -3.14. The molecule has 0 aromatic rings. The largest absolute Gasteiger partial charge is 0.390 e. The number of unbranched alkanes of at least 4 members (excludes halogenated alkanes) is 3. The standard InChI is InChI=1S/C12H25F2NO3/c1-2-3-4-5-6-18-8-11(17)7-15-9-12(13,14)10-16/h11,15-17H,2-10H2,1H3. The Morgan fingerprint density at radius 2 is 2.00 bits per heavy atom. The Kier molecular flexibility index (Phi) is 10.4. The Bertz CT molecular complexity index is 194. The molecule has 3 N–H and O–H groups in total. The molecular weight excluding hydrogens is 244 g/mol. The SMILES string of the molecule is CCCCCCOCC(O)CNCC(F)(F)CO. The minimum Gasteiger partial charge on any atom is -0.390 e. The van der Waals surface area contributed by atoms with E-state index in [1.54, 1.807) is 0 Å². The number of alkyl halides is 2. The Labute approximate surface area is 107 Å². The number of nitrogens with one attached hydrogen (secondary N) is 1. The first-order valence-electron chi connectivity index (χ1n) is 6.47. The van der Waals surface area contributed by atoms with Crippen LogP contribution in [-0.2, 0) is 4.74 Å². The van der Waals surface area contributed by atoms with Gasteiger partial charge in [0, 0.05) is 13.2 Å². The summed E-state index contributed by atoms with van der Waals surface area (Å²) in [4.78, 5) is 0. The first-order valence-corrected chi connectivity index (χ1v) is 6.47. The van der Waals surface area contributed by atoms with Gasteiger partial charge >= 0.3 is 0 Å². The second kappa shape index (κ2) is 10.6. The summed E-state index contributed by atoms with van der Waals surface area (Å²) in [5, 5.41) is 20.2. The van der Waals surface area contributed by atoms with E-state index in [1.165, 1.54) is 6.42 Å². The van der Waals surface area contributed by atoms with Gasteiger partial charge in [-0.25, -0.2) is 8.78 Å². The van der Waals surface area contributed by atoms with Crippen molar-refractivity contribution in [1.82, 2.24) is 5.32 Å². The molecule has 0 amide bonds. The fourth-order valence-corrected chi connectivity index (χ4v) is 1.39. The van der Waals surface area contributed by atoms with Crippen molar-refractivity contribution in [3.63, 3.8) is 0 Å². The lowest BCUT2D eigenvalue weighted by molar-refractivity contribution is -0.0503. The summed E-state index contributed by atoms with van der Waals surface area (Å²) in [6, 6.07) is 0. The second-order valence-corrected chi connectivity index (χ2v) is 4.43. The molecular formula is C12H25F2NO3. The molecule has 4 nitrogen and oxygen atoms in total. The summed E-state index contributed by atoms with van der Waals surface area (Å²) >= 11 is 0. The first kappa shape index (κ1) is 17.7. The number of hydrogen-bond donors (Lipinski definition) is 3. The van der Waals surface area contributed by atoms with Gasteiger partial charge in [-0.1, -0.05) is 26.2 Å². The molecule has 110 valence electrons. The van der Waals surface area contributed by atoms with E-state index in [1.807, 2.05) is 0 Å². The van der Waals surface area contributed by atoms with Crippen molar-refractivity contribution in [2.24, 2.45) is 0 Å². The molecule has 0 aromatic heterocycles. The number of rotatable bonds is 12. The molecule has 0 saturated carbocycles. The zero-order valence-corrected chi connectivity index (χ0v) is 11.0. The maximum atomic E-state index is 12.6. The Morgan fingerprint density at radius 1 is 1.28 bits per heavy atom. The van der Waals surface area contributed by atoms with Crippen LogP contribution in [0.4, 0.5) is 8.78 Å². The van der Waals surface area contributed by atoms with E-state index < -0.39 is 25.2 Å². The van der Waals surface area contributed by atoms with Crippen LogP contribution in [0.5, 0.6) is 0 Å². The van der Waals surface area contributed by atoms with Crippen LogP contribution in [0.2, 0.25) is 0 Å². The van der Waals surface area contributed by atoms with Crippen molar-refractivity contribution in [3.8, 4) is 0 Å². The molecule has 18 heavy (non-hydrogen) atoms. The van der Waals surface area contributed by atoms with Gasteiger partial charge in [-0.15, -0.1) is 0 Å². The molecule has 6 heteroatoms. The zero-order chi connectivity index (χ0) is 13.9. The lowest BCUT2D eigenvalue weighted by atomic mass is 10.2. The lowest BCUT2D eigenvalue weighted by Crippen LogP contribution is -2.40. The van der Waals surface area contributed by atoms with E-state index >= 15 is 0 Å². The highest BCUT2D eigenvalue weighted by Crippen LogP contribution is 2.09. The highest BCUT2D eigenvalue weighted by molar-refractivity contribution is 4.69. The van der Waals surface area contributed by atoms with Crippen molar-refractivity contribution in [2.45, 2.75) is 44.6 Å². The molecule has 0 aliphatic carbocycles. The smallest absolute Gasteiger partial charge is 0.282 e. The number of aliphatic hydroxyl groups excluding tert-OH is 2. The van der Waals surface area contributed by atoms with E-state index in [2.05, 4.69) is 12.2 Å².